The minimum atomic E-state index is -3.78. The lowest BCUT2D eigenvalue weighted by atomic mass is 9.99. The van der Waals surface area contributed by atoms with Gasteiger partial charge in [-0.2, -0.15) is 4.31 Å². The number of aliphatic hydroxyl groups excluding tert-OH is 1. The number of fused-ring (bicyclic) bond motifs is 2. The Bertz CT molecular complexity index is 1770. The van der Waals surface area contributed by atoms with E-state index in [-0.39, 0.29) is 60.1 Å². The molecule has 0 radical (unpaired) electrons. The Morgan fingerprint density at radius 2 is 1.82 bits per heavy atom. The van der Waals surface area contributed by atoms with Gasteiger partial charge in [0.05, 0.1) is 36.1 Å². The number of likely N-dealkylation sites (N-methyl/N-ethyl adjacent to an activating group) is 1. The number of aromatic nitrogens is 1. The first-order valence-electron chi connectivity index (χ1n) is 14.6. The second kappa shape index (κ2) is 12.8. The van der Waals surface area contributed by atoms with Crippen LogP contribution in [0.4, 0.5) is 5.69 Å². The van der Waals surface area contributed by atoms with Gasteiger partial charge in [0.1, 0.15) is 11.9 Å². The Morgan fingerprint density at radius 1 is 1.11 bits per heavy atom. The summed E-state index contributed by atoms with van der Waals surface area (Å²) in [6.07, 6.45) is 1.48. The topological polar surface area (TPSA) is 121 Å². The predicted molar refractivity (Wildman–Crippen MR) is 169 cm³/mol. The normalized spacial score (nSPS) is 18.0. The molecule has 1 aliphatic rings. The maximum Gasteiger partial charge on any atom is 0.258 e. The van der Waals surface area contributed by atoms with E-state index in [0.29, 0.717) is 5.69 Å². The van der Waals surface area contributed by atoms with Gasteiger partial charge in [0, 0.05) is 49.3 Å². The van der Waals surface area contributed by atoms with Crippen molar-refractivity contribution in [2.45, 2.75) is 37.3 Å². The van der Waals surface area contributed by atoms with Crippen molar-refractivity contribution in [2.24, 2.45) is 13.0 Å². The number of benzene rings is 3. The quantitative estimate of drug-likeness (QED) is 0.294. The summed E-state index contributed by atoms with van der Waals surface area (Å²) in [6.45, 7) is 3.68. The van der Waals surface area contributed by atoms with Crippen LogP contribution in [0, 0.1) is 5.92 Å². The first kappa shape index (κ1) is 31.2. The van der Waals surface area contributed by atoms with Gasteiger partial charge in [-0.05, 0) is 48.9 Å². The molecular weight excluding hydrogens is 580 g/mol. The fourth-order valence-electron chi connectivity index (χ4n) is 5.59. The average molecular weight is 619 g/mol. The highest BCUT2D eigenvalue weighted by Crippen LogP contribution is 2.31. The van der Waals surface area contributed by atoms with E-state index in [1.165, 1.54) is 11.4 Å². The zero-order valence-electron chi connectivity index (χ0n) is 25.3. The zero-order chi connectivity index (χ0) is 31.6. The summed E-state index contributed by atoms with van der Waals surface area (Å²) in [7, 11) is -0.337. The second-order valence-electron chi connectivity index (χ2n) is 11.4. The number of hydrogen-bond acceptors (Lipinski definition) is 6. The molecule has 44 heavy (non-hydrogen) atoms. The molecule has 0 spiro atoms. The molecule has 2 N–H and O–H groups in total. The van der Waals surface area contributed by atoms with Crippen molar-refractivity contribution in [3.05, 3.63) is 90.1 Å². The Kier molecular flexibility index (Phi) is 9.10. The summed E-state index contributed by atoms with van der Waals surface area (Å²) in [6, 6.07) is 20.4. The molecular formula is C33H38N4O6S. The number of anilines is 1. The fourth-order valence-corrected chi connectivity index (χ4v) is 6.79. The number of para-hydroxylation sites is 1. The number of carbonyl (C=O) groups excluding carboxylic acids is 2. The van der Waals surface area contributed by atoms with Crippen LogP contribution in [-0.2, 0) is 28.3 Å². The molecule has 1 aliphatic heterocycles. The number of rotatable bonds is 9. The average Bonchev–Trinajstić information content (AvgIpc) is 3.33. The van der Waals surface area contributed by atoms with Crippen molar-refractivity contribution in [1.29, 1.82) is 0 Å². The fraction of sp³-hybridized carbons (Fsp3) is 0.333. The molecule has 0 saturated heterocycles. The number of aliphatic hydroxyl groups is 1. The maximum absolute atomic E-state index is 13.8. The Labute approximate surface area is 257 Å². The minimum absolute atomic E-state index is 0.0386. The van der Waals surface area contributed by atoms with Gasteiger partial charge in [0.2, 0.25) is 15.9 Å². The number of nitrogens with zero attached hydrogens (tertiary/aromatic N) is 3. The molecule has 3 aromatic carbocycles. The lowest BCUT2D eigenvalue weighted by Gasteiger charge is -2.38. The molecule has 0 fully saturated rings. The number of sulfonamides is 1. The number of nitrogens with one attached hydrogen (secondary N) is 1. The van der Waals surface area contributed by atoms with E-state index in [1.54, 1.807) is 60.4 Å². The SMILES string of the molecule is C[C@H](CO)N1C[C@H](C)[C@@H](CN(C)S(=O)(=O)c2ccccc2)Oc2ccc(NC(=O)Cc3cn(C)c4ccccc34)cc2C1=O. The molecule has 10 nitrogen and oxygen atoms in total. The van der Waals surface area contributed by atoms with E-state index in [4.69, 9.17) is 4.74 Å². The standard InChI is InChI=1S/C33H38N4O6S/c1-22-18-37(23(2)21-38)33(40)28-17-25(34-32(39)16-24-19-35(3)29-13-9-8-12-27(24)29)14-15-30(28)43-31(22)20-36(4)44(41,42)26-10-6-5-7-11-26/h5-15,17,19,22-23,31,38H,16,18,20-21H2,1-4H3,(H,34,39)/t22-,23+,31+/m0/s1. The molecule has 5 rings (SSSR count). The lowest BCUT2D eigenvalue weighted by Crippen LogP contribution is -2.50. The number of amides is 2. The van der Waals surface area contributed by atoms with E-state index in [2.05, 4.69) is 5.32 Å². The largest absolute Gasteiger partial charge is 0.488 e. The maximum atomic E-state index is 13.8. The smallest absolute Gasteiger partial charge is 0.258 e. The lowest BCUT2D eigenvalue weighted by molar-refractivity contribution is -0.115. The van der Waals surface area contributed by atoms with E-state index in [0.717, 1.165) is 16.5 Å². The highest BCUT2D eigenvalue weighted by atomic mass is 32.2. The molecule has 0 aliphatic carbocycles. The number of hydrogen-bond donors (Lipinski definition) is 2. The molecule has 11 heteroatoms. The monoisotopic (exact) mass is 618 g/mol. The molecule has 0 bridgehead atoms. The molecule has 2 amide bonds. The Balaban J connectivity index is 1.41. The second-order valence-corrected chi connectivity index (χ2v) is 13.5. The van der Waals surface area contributed by atoms with Crippen LogP contribution in [0.25, 0.3) is 10.9 Å². The number of carbonyl (C=O) groups is 2. The van der Waals surface area contributed by atoms with Gasteiger partial charge >= 0.3 is 0 Å². The van der Waals surface area contributed by atoms with Crippen molar-refractivity contribution in [2.75, 3.05) is 32.1 Å². The Morgan fingerprint density at radius 3 is 2.55 bits per heavy atom. The van der Waals surface area contributed by atoms with Gasteiger partial charge in [0.25, 0.3) is 5.91 Å². The van der Waals surface area contributed by atoms with Crippen molar-refractivity contribution in [1.82, 2.24) is 13.8 Å². The summed E-state index contributed by atoms with van der Waals surface area (Å²) >= 11 is 0. The van der Waals surface area contributed by atoms with Crippen molar-refractivity contribution < 1.29 is 27.9 Å². The van der Waals surface area contributed by atoms with E-state index < -0.39 is 22.2 Å². The van der Waals surface area contributed by atoms with Crippen molar-refractivity contribution in [3.8, 4) is 5.75 Å². The molecule has 0 unspecified atom stereocenters. The molecule has 4 aromatic rings. The van der Waals surface area contributed by atoms with Gasteiger partial charge in [-0.1, -0.05) is 43.3 Å². The first-order valence-corrected chi connectivity index (χ1v) is 16.0. The van der Waals surface area contributed by atoms with E-state index in [9.17, 15) is 23.1 Å². The van der Waals surface area contributed by atoms with E-state index >= 15 is 0 Å². The van der Waals surface area contributed by atoms with Crippen LogP contribution in [0.15, 0.2) is 83.9 Å². The van der Waals surface area contributed by atoms with Gasteiger partial charge in [-0.15, -0.1) is 0 Å². The first-order chi connectivity index (χ1) is 21.0. The van der Waals surface area contributed by atoms with Crippen LogP contribution in [0.3, 0.4) is 0 Å². The van der Waals surface area contributed by atoms with Crippen LogP contribution < -0.4 is 10.1 Å². The highest BCUT2D eigenvalue weighted by molar-refractivity contribution is 7.89. The van der Waals surface area contributed by atoms with Crippen LogP contribution in [0.2, 0.25) is 0 Å². The summed E-state index contributed by atoms with van der Waals surface area (Å²) < 4.78 is 36.1. The number of ether oxygens (including phenoxy) is 1. The summed E-state index contributed by atoms with van der Waals surface area (Å²) in [5.41, 5.74) is 2.57. The summed E-state index contributed by atoms with van der Waals surface area (Å²) in [4.78, 5) is 28.7. The Hall–Kier alpha value is -4.19. The predicted octanol–water partition coefficient (Wildman–Crippen LogP) is 3.90. The highest BCUT2D eigenvalue weighted by Gasteiger charge is 2.35. The minimum Gasteiger partial charge on any atom is -0.488 e. The van der Waals surface area contributed by atoms with Gasteiger partial charge in [-0.3, -0.25) is 9.59 Å². The third kappa shape index (κ3) is 6.35. The number of aryl methyl sites for hydroxylation is 1. The molecule has 2 heterocycles. The van der Waals surface area contributed by atoms with E-state index in [1.807, 2.05) is 49.0 Å². The zero-order valence-corrected chi connectivity index (χ0v) is 26.1. The summed E-state index contributed by atoms with van der Waals surface area (Å²) in [5, 5.41) is 13.9. The van der Waals surface area contributed by atoms with Crippen molar-refractivity contribution in [3.63, 3.8) is 0 Å². The van der Waals surface area contributed by atoms with Crippen LogP contribution in [0.1, 0.15) is 29.8 Å². The molecule has 3 atom stereocenters. The van der Waals surface area contributed by atoms with Gasteiger partial charge in [-0.25, -0.2) is 8.42 Å². The van der Waals surface area contributed by atoms with Crippen LogP contribution in [0.5, 0.6) is 5.75 Å². The third-order valence-corrected chi connectivity index (χ3v) is 10.0. The third-order valence-electron chi connectivity index (χ3n) is 8.17. The molecule has 1 aromatic heterocycles. The summed E-state index contributed by atoms with van der Waals surface area (Å²) in [5.74, 6) is -0.573. The van der Waals surface area contributed by atoms with Gasteiger partial charge < -0.3 is 24.6 Å². The molecule has 0 saturated carbocycles. The van der Waals surface area contributed by atoms with Crippen LogP contribution >= 0.6 is 0 Å². The van der Waals surface area contributed by atoms with Crippen LogP contribution in [-0.4, -0.2) is 78.0 Å². The van der Waals surface area contributed by atoms with Gasteiger partial charge in [0.15, 0.2) is 0 Å². The van der Waals surface area contributed by atoms with Crippen molar-refractivity contribution >= 4 is 38.4 Å². The molecule has 232 valence electrons.